The summed E-state index contributed by atoms with van der Waals surface area (Å²) in [5.74, 6) is 0. The fourth-order valence-electron chi connectivity index (χ4n) is 2.33. The Balaban J connectivity index is 2.57. The second-order valence-electron chi connectivity index (χ2n) is 4.87. The van der Waals surface area contributed by atoms with Crippen LogP contribution in [0.3, 0.4) is 0 Å². The lowest BCUT2D eigenvalue weighted by atomic mass is 10.00. The first-order chi connectivity index (χ1) is 8.79. The monoisotopic (exact) mass is 276 g/mol. The average molecular weight is 276 g/mol. The van der Waals surface area contributed by atoms with E-state index >= 15 is 0 Å². The zero-order valence-electron chi connectivity index (χ0n) is 11.2. The molecule has 0 aliphatic heterocycles. The molecule has 0 aliphatic rings. The summed E-state index contributed by atoms with van der Waals surface area (Å²) in [7, 11) is -4.21. The van der Waals surface area contributed by atoms with E-state index in [0.29, 0.717) is 11.1 Å². The number of aryl methyl sites for hydroxylation is 3. The molecule has 2 aromatic carbocycles. The van der Waals surface area contributed by atoms with Gasteiger partial charge < -0.3 is 9.79 Å². The summed E-state index contributed by atoms with van der Waals surface area (Å²) in [6, 6.07) is 11.7. The zero-order chi connectivity index (χ0) is 14.2. The maximum atomic E-state index is 11.5. The van der Waals surface area contributed by atoms with Gasteiger partial charge in [0.1, 0.15) is 0 Å². The van der Waals surface area contributed by atoms with Gasteiger partial charge in [-0.2, -0.15) is 0 Å². The van der Waals surface area contributed by atoms with Gasteiger partial charge in [0.2, 0.25) is 0 Å². The van der Waals surface area contributed by atoms with E-state index in [-0.39, 0.29) is 5.30 Å². The van der Waals surface area contributed by atoms with E-state index in [0.717, 1.165) is 11.1 Å². The molecular weight excluding hydrogens is 259 g/mol. The minimum Gasteiger partial charge on any atom is -0.321 e. The summed E-state index contributed by atoms with van der Waals surface area (Å²) in [5, 5.41) is 0.142. The van der Waals surface area contributed by atoms with Gasteiger partial charge in [0.15, 0.2) is 0 Å². The van der Waals surface area contributed by atoms with Crippen molar-refractivity contribution >= 4 is 12.9 Å². The molecule has 0 atom stereocenters. The van der Waals surface area contributed by atoms with E-state index in [1.807, 2.05) is 43.3 Å². The van der Waals surface area contributed by atoms with Crippen LogP contribution in [0.5, 0.6) is 0 Å². The van der Waals surface area contributed by atoms with E-state index < -0.39 is 7.60 Å². The topological polar surface area (TPSA) is 57.5 Å². The first-order valence-electron chi connectivity index (χ1n) is 6.03. The first-order valence-corrected chi connectivity index (χ1v) is 7.64. The van der Waals surface area contributed by atoms with E-state index in [1.165, 1.54) is 5.56 Å². The van der Waals surface area contributed by atoms with Crippen molar-refractivity contribution < 1.29 is 14.4 Å². The van der Waals surface area contributed by atoms with Crippen LogP contribution in [-0.4, -0.2) is 9.79 Å². The highest BCUT2D eigenvalue weighted by atomic mass is 31.2. The molecule has 0 aromatic heterocycles. The Morgan fingerprint density at radius 1 is 0.842 bits per heavy atom. The van der Waals surface area contributed by atoms with Gasteiger partial charge >= 0.3 is 7.60 Å². The smallest absolute Gasteiger partial charge is 0.321 e. The lowest BCUT2D eigenvalue weighted by Gasteiger charge is -2.14. The van der Waals surface area contributed by atoms with Crippen LogP contribution in [-0.2, 0) is 4.57 Å². The minimum absolute atomic E-state index is 0.142. The van der Waals surface area contributed by atoms with E-state index in [4.69, 9.17) is 0 Å². The molecule has 2 rings (SSSR count). The van der Waals surface area contributed by atoms with Crippen molar-refractivity contribution in [3.63, 3.8) is 0 Å². The van der Waals surface area contributed by atoms with Gasteiger partial charge in [-0.25, -0.2) is 0 Å². The summed E-state index contributed by atoms with van der Waals surface area (Å²) >= 11 is 0. The first kappa shape index (κ1) is 14.0. The molecule has 0 aliphatic carbocycles. The van der Waals surface area contributed by atoms with Gasteiger partial charge in [-0.3, -0.25) is 4.57 Å². The van der Waals surface area contributed by atoms with Crippen molar-refractivity contribution in [1.82, 2.24) is 0 Å². The average Bonchev–Trinajstić information content (AvgIpc) is 2.26. The Morgan fingerprint density at radius 3 is 1.74 bits per heavy atom. The van der Waals surface area contributed by atoms with Crippen molar-refractivity contribution in [1.29, 1.82) is 0 Å². The van der Waals surface area contributed by atoms with Gasteiger partial charge in [0, 0.05) is 0 Å². The Labute approximate surface area is 113 Å². The minimum atomic E-state index is -4.21. The molecule has 0 amide bonds. The number of benzene rings is 2. The molecule has 0 bridgehead atoms. The third-order valence-electron chi connectivity index (χ3n) is 3.17. The van der Waals surface area contributed by atoms with Crippen LogP contribution in [0.15, 0.2) is 36.4 Å². The maximum absolute atomic E-state index is 11.5. The SMILES string of the molecule is Cc1ccc(-c2cc(C)c(P(=O)(O)O)c(C)c2)cc1. The second-order valence-corrected chi connectivity index (χ2v) is 6.40. The predicted molar refractivity (Wildman–Crippen MR) is 77.8 cm³/mol. The Morgan fingerprint density at radius 2 is 1.32 bits per heavy atom. The van der Waals surface area contributed by atoms with Crippen molar-refractivity contribution in [2.45, 2.75) is 20.8 Å². The van der Waals surface area contributed by atoms with E-state index in [9.17, 15) is 14.4 Å². The molecule has 0 heterocycles. The third-order valence-corrected chi connectivity index (χ3v) is 4.46. The number of hydrogen-bond donors (Lipinski definition) is 2. The van der Waals surface area contributed by atoms with Crippen LogP contribution < -0.4 is 5.30 Å². The van der Waals surface area contributed by atoms with E-state index in [2.05, 4.69) is 0 Å². The molecular formula is C15H17O3P. The van der Waals surface area contributed by atoms with Crippen molar-refractivity contribution in [3.8, 4) is 11.1 Å². The van der Waals surface area contributed by atoms with Gasteiger partial charge in [-0.1, -0.05) is 42.0 Å². The lowest BCUT2D eigenvalue weighted by Crippen LogP contribution is -2.12. The standard InChI is InChI=1S/C15H17O3P/c1-10-4-6-13(7-5-10)14-8-11(2)15(12(3)9-14)19(16,17)18/h4-9H,1-3H3,(H2,16,17,18). The largest absolute Gasteiger partial charge is 0.356 e. The summed E-state index contributed by atoms with van der Waals surface area (Å²) in [4.78, 5) is 18.7. The summed E-state index contributed by atoms with van der Waals surface area (Å²) < 4.78 is 11.5. The van der Waals surface area contributed by atoms with Gasteiger partial charge in [-0.05, 0) is 43.0 Å². The highest BCUT2D eigenvalue weighted by Crippen LogP contribution is 2.37. The molecule has 0 spiro atoms. The fourth-order valence-corrected chi connectivity index (χ4v) is 3.38. The molecule has 3 nitrogen and oxygen atoms in total. The molecule has 0 fully saturated rings. The number of hydrogen-bond acceptors (Lipinski definition) is 1. The van der Waals surface area contributed by atoms with Crippen molar-refractivity contribution in [2.24, 2.45) is 0 Å². The molecule has 19 heavy (non-hydrogen) atoms. The predicted octanol–water partition coefficient (Wildman–Crippen LogP) is 3.08. The summed E-state index contributed by atoms with van der Waals surface area (Å²) in [6.07, 6.45) is 0. The highest BCUT2D eigenvalue weighted by molar-refractivity contribution is 7.60. The Hall–Kier alpha value is -1.41. The van der Waals surface area contributed by atoms with Crippen LogP contribution >= 0.6 is 7.60 Å². The molecule has 0 saturated carbocycles. The normalized spacial score (nSPS) is 11.6. The quantitative estimate of drug-likeness (QED) is 0.829. The summed E-state index contributed by atoms with van der Waals surface area (Å²) in [6.45, 7) is 5.50. The van der Waals surface area contributed by atoms with Crippen LogP contribution in [0, 0.1) is 20.8 Å². The van der Waals surface area contributed by atoms with Crippen LogP contribution in [0.1, 0.15) is 16.7 Å². The molecule has 2 N–H and O–H groups in total. The zero-order valence-corrected chi connectivity index (χ0v) is 12.1. The molecule has 0 radical (unpaired) electrons. The van der Waals surface area contributed by atoms with Gasteiger partial charge in [0.25, 0.3) is 0 Å². The van der Waals surface area contributed by atoms with Crippen molar-refractivity contribution in [2.75, 3.05) is 0 Å². The third kappa shape index (κ3) is 2.95. The lowest BCUT2D eigenvalue weighted by molar-refractivity contribution is 0.387. The Bertz CT molecular complexity index is 631. The van der Waals surface area contributed by atoms with Gasteiger partial charge in [0.05, 0.1) is 5.30 Å². The molecule has 0 unspecified atom stereocenters. The van der Waals surface area contributed by atoms with Crippen LogP contribution in [0.4, 0.5) is 0 Å². The highest BCUT2D eigenvalue weighted by Gasteiger charge is 2.22. The van der Waals surface area contributed by atoms with Crippen molar-refractivity contribution in [3.05, 3.63) is 53.1 Å². The molecule has 4 heteroatoms. The molecule has 100 valence electrons. The van der Waals surface area contributed by atoms with Crippen LogP contribution in [0.25, 0.3) is 11.1 Å². The molecule has 2 aromatic rings. The molecule has 0 saturated heterocycles. The van der Waals surface area contributed by atoms with Gasteiger partial charge in [-0.15, -0.1) is 0 Å². The summed E-state index contributed by atoms with van der Waals surface area (Å²) in [5.41, 5.74) is 4.47. The Kier molecular flexibility index (Phi) is 3.64. The maximum Gasteiger partial charge on any atom is 0.356 e. The van der Waals surface area contributed by atoms with E-state index in [1.54, 1.807) is 13.8 Å². The fraction of sp³-hybridized carbons (Fsp3) is 0.200. The second kappa shape index (κ2) is 4.93. The van der Waals surface area contributed by atoms with Crippen LogP contribution in [0.2, 0.25) is 0 Å². The number of rotatable bonds is 2.